The van der Waals surface area contributed by atoms with E-state index in [9.17, 15) is 4.79 Å². The fourth-order valence-electron chi connectivity index (χ4n) is 2.95. The van der Waals surface area contributed by atoms with E-state index in [4.69, 9.17) is 4.74 Å². The highest BCUT2D eigenvalue weighted by atomic mass is 16.6. The van der Waals surface area contributed by atoms with Crippen molar-refractivity contribution in [3.8, 4) is 0 Å². The van der Waals surface area contributed by atoms with E-state index >= 15 is 0 Å². The van der Waals surface area contributed by atoms with Crippen molar-refractivity contribution in [3.63, 3.8) is 0 Å². The number of likely N-dealkylation sites (tertiary alicyclic amines) is 1. The lowest BCUT2D eigenvalue weighted by atomic mass is 10.0. The molecule has 5 nitrogen and oxygen atoms in total. The second-order valence-corrected chi connectivity index (χ2v) is 7.76. The van der Waals surface area contributed by atoms with Crippen LogP contribution < -0.4 is 10.6 Å². The number of ether oxygens (including phenoxy) is 1. The molecule has 1 rings (SSSR count). The molecule has 0 bridgehead atoms. The molecule has 1 aliphatic heterocycles. The largest absolute Gasteiger partial charge is 0.444 e. The van der Waals surface area contributed by atoms with Gasteiger partial charge < -0.3 is 20.3 Å². The predicted octanol–water partition coefficient (Wildman–Crippen LogP) is 3.14. The summed E-state index contributed by atoms with van der Waals surface area (Å²) in [6, 6.07) is 0.937. The van der Waals surface area contributed by atoms with Gasteiger partial charge in [0, 0.05) is 25.2 Å². The Bertz CT molecular complexity index is 342. The first-order chi connectivity index (χ1) is 10.8. The molecule has 2 unspecified atom stereocenters. The van der Waals surface area contributed by atoms with Crippen LogP contribution in [0.15, 0.2) is 0 Å². The summed E-state index contributed by atoms with van der Waals surface area (Å²) in [5.74, 6) is 0. The van der Waals surface area contributed by atoms with E-state index in [0.29, 0.717) is 18.6 Å². The molecule has 0 aromatic rings. The second kappa shape index (κ2) is 10.1. The minimum Gasteiger partial charge on any atom is -0.444 e. The summed E-state index contributed by atoms with van der Waals surface area (Å²) in [7, 11) is 2.21. The lowest BCUT2D eigenvalue weighted by Gasteiger charge is -2.34. The summed E-state index contributed by atoms with van der Waals surface area (Å²) < 4.78 is 5.32. The van der Waals surface area contributed by atoms with Gasteiger partial charge in [-0.25, -0.2) is 4.79 Å². The van der Waals surface area contributed by atoms with Crippen molar-refractivity contribution in [2.24, 2.45) is 0 Å². The molecule has 23 heavy (non-hydrogen) atoms. The van der Waals surface area contributed by atoms with Crippen LogP contribution in [0.25, 0.3) is 0 Å². The molecule has 0 spiro atoms. The summed E-state index contributed by atoms with van der Waals surface area (Å²) in [6.07, 6.45) is 7.02. The SMILES string of the molecule is CCCCC(CNC(=O)OC(C)(C)C)NCC1CCCCN1C. The van der Waals surface area contributed by atoms with E-state index in [2.05, 4.69) is 29.5 Å². The predicted molar refractivity (Wildman–Crippen MR) is 95.8 cm³/mol. The van der Waals surface area contributed by atoms with Gasteiger partial charge in [-0.15, -0.1) is 0 Å². The van der Waals surface area contributed by atoms with Gasteiger partial charge in [-0.3, -0.25) is 0 Å². The lowest BCUT2D eigenvalue weighted by Crippen LogP contribution is -2.49. The molecule has 136 valence electrons. The highest BCUT2D eigenvalue weighted by Gasteiger charge is 2.21. The van der Waals surface area contributed by atoms with E-state index in [-0.39, 0.29) is 6.09 Å². The third-order valence-electron chi connectivity index (χ3n) is 4.36. The molecule has 1 saturated heterocycles. The van der Waals surface area contributed by atoms with Gasteiger partial charge in [0.25, 0.3) is 0 Å². The molecule has 2 N–H and O–H groups in total. The molecule has 5 heteroatoms. The van der Waals surface area contributed by atoms with Crippen LogP contribution in [-0.2, 0) is 4.74 Å². The van der Waals surface area contributed by atoms with Crippen molar-refractivity contribution in [2.45, 2.75) is 83.9 Å². The van der Waals surface area contributed by atoms with E-state index in [1.807, 2.05) is 20.8 Å². The maximum atomic E-state index is 11.8. The van der Waals surface area contributed by atoms with Crippen molar-refractivity contribution >= 4 is 6.09 Å². The Morgan fingerprint density at radius 1 is 1.35 bits per heavy atom. The van der Waals surface area contributed by atoms with E-state index in [0.717, 1.165) is 13.0 Å². The first-order valence-electron chi connectivity index (χ1n) is 9.22. The third-order valence-corrected chi connectivity index (χ3v) is 4.36. The number of hydrogen-bond donors (Lipinski definition) is 2. The zero-order valence-corrected chi connectivity index (χ0v) is 15.8. The van der Waals surface area contributed by atoms with Crippen molar-refractivity contribution in [2.75, 3.05) is 26.7 Å². The Morgan fingerprint density at radius 3 is 2.70 bits per heavy atom. The quantitative estimate of drug-likeness (QED) is 0.719. The van der Waals surface area contributed by atoms with Crippen LogP contribution in [0, 0.1) is 0 Å². The van der Waals surface area contributed by atoms with Gasteiger partial charge in [-0.1, -0.05) is 26.2 Å². The first kappa shape index (κ1) is 20.2. The Balaban J connectivity index is 2.37. The average molecular weight is 328 g/mol. The number of unbranched alkanes of at least 4 members (excludes halogenated alkanes) is 1. The average Bonchev–Trinajstić information content (AvgIpc) is 2.46. The number of rotatable bonds is 8. The van der Waals surface area contributed by atoms with Gasteiger partial charge in [0.2, 0.25) is 0 Å². The van der Waals surface area contributed by atoms with Gasteiger partial charge in [0.05, 0.1) is 0 Å². The monoisotopic (exact) mass is 327 g/mol. The number of amides is 1. The van der Waals surface area contributed by atoms with Crippen LogP contribution in [0.1, 0.15) is 66.2 Å². The summed E-state index contributed by atoms with van der Waals surface area (Å²) >= 11 is 0. The van der Waals surface area contributed by atoms with Crippen molar-refractivity contribution in [3.05, 3.63) is 0 Å². The van der Waals surface area contributed by atoms with Crippen LogP contribution in [0.5, 0.6) is 0 Å². The van der Waals surface area contributed by atoms with Crippen LogP contribution in [-0.4, -0.2) is 55.4 Å². The maximum Gasteiger partial charge on any atom is 0.407 e. The molecule has 0 aromatic heterocycles. The molecule has 1 fully saturated rings. The molecule has 0 saturated carbocycles. The molecule has 0 radical (unpaired) electrons. The van der Waals surface area contributed by atoms with Crippen LogP contribution in [0.2, 0.25) is 0 Å². The molecule has 1 amide bonds. The fourth-order valence-corrected chi connectivity index (χ4v) is 2.95. The minimum absolute atomic E-state index is 0.317. The number of nitrogens with one attached hydrogen (secondary N) is 2. The highest BCUT2D eigenvalue weighted by molar-refractivity contribution is 5.67. The summed E-state index contributed by atoms with van der Waals surface area (Å²) in [5.41, 5.74) is -0.443. The normalized spacial score (nSPS) is 21.0. The second-order valence-electron chi connectivity index (χ2n) is 7.76. The zero-order chi connectivity index (χ0) is 17.3. The Labute approximate surface area is 142 Å². The standard InChI is InChI=1S/C18H37N3O2/c1-6-7-10-15(13-20-17(22)23-18(2,3)4)19-14-16-11-8-9-12-21(16)5/h15-16,19H,6-14H2,1-5H3,(H,20,22). The Hall–Kier alpha value is -0.810. The molecule has 1 aliphatic rings. The van der Waals surface area contributed by atoms with E-state index in [1.165, 1.54) is 38.6 Å². The third kappa shape index (κ3) is 9.16. The first-order valence-corrected chi connectivity index (χ1v) is 9.22. The number of carbonyl (C=O) groups excluding carboxylic acids is 1. The number of piperidine rings is 1. The summed E-state index contributed by atoms with van der Waals surface area (Å²) in [6.45, 7) is 10.7. The Morgan fingerprint density at radius 2 is 2.09 bits per heavy atom. The van der Waals surface area contributed by atoms with Crippen LogP contribution >= 0.6 is 0 Å². The van der Waals surface area contributed by atoms with Gasteiger partial charge in [-0.05, 0) is 53.6 Å². The molecule has 2 atom stereocenters. The van der Waals surface area contributed by atoms with Gasteiger partial charge in [-0.2, -0.15) is 0 Å². The topological polar surface area (TPSA) is 53.6 Å². The van der Waals surface area contributed by atoms with Crippen molar-refractivity contribution in [1.29, 1.82) is 0 Å². The minimum atomic E-state index is -0.443. The van der Waals surface area contributed by atoms with Gasteiger partial charge in [0.15, 0.2) is 0 Å². The Kier molecular flexibility index (Phi) is 8.92. The zero-order valence-electron chi connectivity index (χ0n) is 15.8. The number of alkyl carbamates (subject to hydrolysis) is 1. The fraction of sp³-hybridized carbons (Fsp3) is 0.944. The molecular weight excluding hydrogens is 290 g/mol. The number of carbonyl (C=O) groups is 1. The van der Waals surface area contributed by atoms with Crippen molar-refractivity contribution < 1.29 is 9.53 Å². The maximum absolute atomic E-state index is 11.8. The molecule has 1 heterocycles. The smallest absolute Gasteiger partial charge is 0.407 e. The number of nitrogens with zero attached hydrogens (tertiary/aromatic N) is 1. The summed E-state index contributed by atoms with van der Waals surface area (Å²) in [4.78, 5) is 14.3. The molecular formula is C18H37N3O2. The van der Waals surface area contributed by atoms with Gasteiger partial charge in [0.1, 0.15) is 5.60 Å². The number of likely N-dealkylation sites (N-methyl/N-ethyl adjacent to an activating group) is 1. The summed E-state index contributed by atoms with van der Waals surface area (Å²) in [5, 5.41) is 6.57. The number of hydrogen-bond acceptors (Lipinski definition) is 4. The van der Waals surface area contributed by atoms with Gasteiger partial charge >= 0.3 is 6.09 Å². The molecule has 0 aliphatic carbocycles. The van der Waals surface area contributed by atoms with Crippen LogP contribution in [0.4, 0.5) is 4.79 Å². The van der Waals surface area contributed by atoms with Crippen LogP contribution in [0.3, 0.4) is 0 Å². The van der Waals surface area contributed by atoms with E-state index in [1.54, 1.807) is 0 Å². The molecule has 0 aromatic carbocycles. The lowest BCUT2D eigenvalue weighted by molar-refractivity contribution is 0.0521. The highest BCUT2D eigenvalue weighted by Crippen LogP contribution is 2.14. The van der Waals surface area contributed by atoms with Crippen molar-refractivity contribution in [1.82, 2.24) is 15.5 Å². The van der Waals surface area contributed by atoms with E-state index < -0.39 is 5.60 Å².